The number of rotatable bonds is 4. The minimum Gasteiger partial charge on any atom is -0.348 e. The van der Waals surface area contributed by atoms with Gasteiger partial charge in [-0.1, -0.05) is 6.92 Å². The van der Waals surface area contributed by atoms with Gasteiger partial charge in [0.25, 0.3) is 0 Å². The number of carbonyl (C=O) groups excluding carboxylic acids is 1. The number of fused-ring (bicyclic) bond motifs is 1. The number of carbonyl (C=O) groups is 1. The summed E-state index contributed by atoms with van der Waals surface area (Å²) in [5.74, 6) is 0.248. The second-order valence-electron chi connectivity index (χ2n) is 5.12. The predicted octanol–water partition coefficient (Wildman–Crippen LogP) is 2.87. The summed E-state index contributed by atoms with van der Waals surface area (Å²) in [5, 5.41) is 2.02. The first-order chi connectivity index (χ1) is 9.79. The largest absolute Gasteiger partial charge is 0.348 e. The van der Waals surface area contributed by atoms with Crippen molar-refractivity contribution in [3.63, 3.8) is 0 Å². The molecule has 3 heterocycles. The van der Waals surface area contributed by atoms with Gasteiger partial charge in [-0.25, -0.2) is 4.98 Å². The van der Waals surface area contributed by atoms with Crippen LogP contribution >= 0.6 is 11.3 Å². The van der Waals surface area contributed by atoms with E-state index in [-0.39, 0.29) is 11.9 Å². The van der Waals surface area contributed by atoms with E-state index in [2.05, 4.69) is 34.8 Å². The van der Waals surface area contributed by atoms with Gasteiger partial charge in [-0.05, 0) is 25.0 Å². The molecule has 1 aliphatic rings. The Kier molecular flexibility index (Phi) is 3.87. The van der Waals surface area contributed by atoms with Crippen molar-refractivity contribution in [3.8, 4) is 0 Å². The lowest BCUT2D eigenvalue weighted by molar-refractivity contribution is -0.134. The van der Waals surface area contributed by atoms with Crippen LogP contribution in [0.15, 0.2) is 29.2 Å². The number of hydrogen-bond donors (Lipinski definition) is 0. The first-order valence-electron chi connectivity index (χ1n) is 7.11. The number of thiazole rings is 1. The fourth-order valence-electron chi connectivity index (χ4n) is 2.93. The van der Waals surface area contributed by atoms with Crippen molar-refractivity contribution in [2.45, 2.75) is 38.8 Å². The average Bonchev–Trinajstić information content (AvgIpc) is 3.14. The molecule has 0 aromatic carbocycles. The van der Waals surface area contributed by atoms with E-state index in [0.29, 0.717) is 6.42 Å². The molecule has 0 spiro atoms. The zero-order valence-corrected chi connectivity index (χ0v) is 12.5. The highest BCUT2D eigenvalue weighted by Crippen LogP contribution is 2.29. The maximum absolute atomic E-state index is 12.5. The molecule has 0 saturated carbocycles. The molecule has 1 amide bonds. The molecule has 3 rings (SSSR count). The molecule has 0 bridgehead atoms. The Hall–Kier alpha value is -1.62. The van der Waals surface area contributed by atoms with Crippen molar-refractivity contribution in [1.29, 1.82) is 0 Å². The lowest BCUT2D eigenvalue weighted by Gasteiger charge is -2.36. The lowest BCUT2D eigenvalue weighted by atomic mass is 10.1. The highest BCUT2D eigenvalue weighted by atomic mass is 32.1. The van der Waals surface area contributed by atoms with Crippen LogP contribution in [0.5, 0.6) is 0 Å². The molecule has 1 aliphatic heterocycles. The van der Waals surface area contributed by atoms with Crippen LogP contribution in [-0.2, 0) is 17.8 Å². The van der Waals surface area contributed by atoms with Crippen molar-refractivity contribution in [2.75, 3.05) is 6.54 Å². The molecule has 0 fully saturated rings. The summed E-state index contributed by atoms with van der Waals surface area (Å²) in [6.45, 7) is 3.87. The van der Waals surface area contributed by atoms with Crippen LogP contribution in [0.25, 0.3) is 0 Å². The van der Waals surface area contributed by atoms with Crippen molar-refractivity contribution >= 4 is 17.2 Å². The fourth-order valence-corrected chi connectivity index (χ4v) is 3.52. The molecule has 0 aliphatic carbocycles. The number of aryl methyl sites for hydroxylation is 1. The molecule has 0 radical (unpaired) electrons. The molecule has 5 heteroatoms. The van der Waals surface area contributed by atoms with E-state index >= 15 is 0 Å². The Labute approximate surface area is 123 Å². The topological polar surface area (TPSA) is 38.1 Å². The van der Waals surface area contributed by atoms with Gasteiger partial charge in [0.15, 0.2) is 0 Å². The molecule has 2 aromatic rings. The Balaban J connectivity index is 1.68. The number of aromatic nitrogens is 2. The van der Waals surface area contributed by atoms with Gasteiger partial charge in [-0.2, -0.15) is 0 Å². The lowest BCUT2D eigenvalue weighted by Crippen LogP contribution is -2.41. The van der Waals surface area contributed by atoms with Gasteiger partial charge in [0, 0.05) is 36.8 Å². The van der Waals surface area contributed by atoms with Crippen molar-refractivity contribution < 1.29 is 4.79 Å². The molecule has 2 aromatic heterocycles. The second kappa shape index (κ2) is 5.79. The summed E-state index contributed by atoms with van der Waals surface area (Å²) in [7, 11) is 0. The summed E-state index contributed by atoms with van der Waals surface area (Å²) < 4.78 is 2.26. The maximum atomic E-state index is 12.5. The van der Waals surface area contributed by atoms with E-state index in [1.807, 2.05) is 15.8 Å². The Morgan fingerprint density at radius 3 is 3.15 bits per heavy atom. The van der Waals surface area contributed by atoms with Gasteiger partial charge in [-0.15, -0.1) is 11.3 Å². The van der Waals surface area contributed by atoms with Gasteiger partial charge in [0.2, 0.25) is 5.91 Å². The van der Waals surface area contributed by atoms with Crippen LogP contribution in [0.3, 0.4) is 0 Å². The highest BCUT2D eigenvalue weighted by Gasteiger charge is 2.28. The van der Waals surface area contributed by atoms with Crippen LogP contribution in [0, 0.1) is 0 Å². The smallest absolute Gasteiger partial charge is 0.223 e. The quantitative estimate of drug-likeness (QED) is 0.868. The highest BCUT2D eigenvalue weighted by molar-refractivity contribution is 7.07. The molecule has 0 saturated heterocycles. The van der Waals surface area contributed by atoms with Crippen molar-refractivity contribution in [3.05, 3.63) is 40.6 Å². The van der Waals surface area contributed by atoms with Gasteiger partial charge < -0.3 is 9.47 Å². The third kappa shape index (κ3) is 2.50. The number of nitrogens with zero attached hydrogens (tertiary/aromatic N) is 3. The van der Waals surface area contributed by atoms with E-state index in [1.54, 1.807) is 11.3 Å². The summed E-state index contributed by atoms with van der Waals surface area (Å²) >= 11 is 1.58. The Bertz CT molecular complexity index is 576. The molecule has 1 atom stereocenters. The molecule has 0 N–H and O–H groups in total. The molecule has 4 nitrogen and oxygen atoms in total. The summed E-state index contributed by atoms with van der Waals surface area (Å²) in [4.78, 5) is 18.8. The predicted molar refractivity (Wildman–Crippen MR) is 79.6 cm³/mol. The minimum atomic E-state index is 0.224. The van der Waals surface area contributed by atoms with Gasteiger partial charge in [-0.3, -0.25) is 4.79 Å². The van der Waals surface area contributed by atoms with Gasteiger partial charge in [0.05, 0.1) is 17.2 Å². The first-order valence-corrected chi connectivity index (χ1v) is 8.05. The van der Waals surface area contributed by atoms with Gasteiger partial charge in [0.1, 0.15) is 0 Å². The standard InChI is InChI=1S/C15H19N3OS/c1-2-13-14-4-3-7-17(14)8-9-18(13)15(19)6-5-12-10-20-11-16-12/h3-4,7,10-11,13H,2,5-6,8-9H2,1H3. The van der Waals surface area contributed by atoms with E-state index in [0.717, 1.165) is 31.6 Å². The Morgan fingerprint density at radius 1 is 1.50 bits per heavy atom. The minimum absolute atomic E-state index is 0.224. The van der Waals surface area contributed by atoms with E-state index in [9.17, 15) is 4.79 Å². The molecule has 20 heavy (non-hydrogen) atoms. The average molecular weight is 289 g/mol. The molecular formula is C15H19N3OS. The Morgan fingerprint density at radius 2 is 2.40 bits per heavy atom. The fraction of sp³-hybridized carbons (Fsp3) is 0.467. The second-order valence-corrected chi connectivity index (χ2v) is 5.84. The third-order valence-corrected chi connectivity index (χ3v) is 4.58. The SMILES string of the molecule is CCC1c2cccn2CCN1C(=O)CCc1cscn1. The first kappa shape index (κ1) is 13.4. The zero-order valence-electron chi connectivity index (χ0n) is 11.7. The summed E-state index contributed by atoms with van der Waals surface area (Å²) in [6.07, 6.45) is 4.37. The number of hydrogen-bond acceptors (Lipinski definition) is 3. The molecular weight excluding hydrogens is 270 g/mol. The number of amides is 1. The van der Waals surface area contributed by atoms with E-state index in [1.165, 1.54) is 5.69 Å². The van der Waals surface area contributed by atoms with E-state index < -0.39 is 0 Å². The third-order valence-electron chi connectivity index (χ3n) is 3.95. The molecule has 106 valence electrons. The monoisotopic (exact) mass is 289 g/mol. The molecule has 1 unspecified atom stereocenters. The van der Waals surface area contributed by atoms with Crippen LogP contribution in [0.4, 0.5) is 0 Å². The van der Waals surface area contributed by atoms with Crippen LogP contribution in [0.1, 0.15) is 37.2 Å². The van der Waals surface area contributed by atoms with Crippen LogP contribution in [0.2, 0.25) is 0 Å². The van der Waals surface area contributed by atoms with Crippen molar-refractivity contribution in [1.82, 2.24) is 14.5 Å². The maximum Gasteiger partial charge on any atom is 0.223 e. The van der Waals surface area contributed by atoms with Crippen LogP contribution in [-0.4, -0.2) is 26.9 Å². The van der Waals surface area contributed by atoms with Gasteiger partial charge >= 0.3 is 0 Å². The normalized spacial score (nSPS) is 18.1. The summed E-state index contributed by atoms with van der Waals surface area (Å²) in [6, 6.07) is 4.43. The summed E-state index contributed by atoms with van der Waals surface area (Å²) in [5.41, 5.74) is 4.11. The van der Waals surface area contributed by atoms with E-state index in [4.69, 9.17) is 0 Å². The van der Waals surface area contributed by atoms with Crippen molar-refractivity contribution in [2.24, 2.45) is 0 Å². The van der Waals surface area contributed by atoms with Crippen LogP contribution < -0.4 is 0 Å². The zero-order chi connectivity index (χ0) is 13.9.